The fourth-order valence-electron chi connectivity index (χ4n) is 5.18. The Bertz CT molecular complexity index is 1180. The summed E-state index contributed by atoms with van der Waals surface area (Å²) in [5.74, 6) is 0.792. The Morgan fingerprint density at radius 3 is 2.53 bits per heavy atom. The van der Waals surface area contributed by atoms with Gasteiger partial charge in [-0.2, -0.15) is 17.0 Å². The first-order valence-corrected chi connectivity index (χ1v) is 14.6. The van der Waals surface area contributed by atoms with Gasteiger partial charge in [0.2, 0.25) is 0 Å². The number of thioether (sulfide) groups is 1. The predicted octanol–water partition coefficient (Wildman–Crippen LogP) is 4.56. The van der Waals surface area contributed by atoms with Gasteiger partial charge < -0.3 is 9.30 Å². The minimum absolute atomic E-state index is 0.134. The first-order valence-electron chi connectivity index (χ1n) is 13.2. The predicted molar refractivity (Wildman–Crippen MR) is 152 cm³/mol. The van der Waals surface area contributed by atoms with E-state index >= 15 is 0 Å². The van der Waals surface area contributed by atoms with Crippen molar-refractivity contribution in [2.24, 2.45) is 0 Å². The second-order valence-corrected chi connectivity index (χ2v) is 10.8. The van der Waals surface area contributed by atoms with Gasteiger partial charge in [0.05, 0.1) is 30.8 Å². The highest BCUT2D eigenvalue weighted by Gasteiger charge is 2.34. The molecule has 1 aliphatic rings. The number of carbonyl (C=O) groups excluding carboxylic acids is 1. The fourth-order valence-corrected chi connectivity index (χ4v) is 5.64. The molecule has 7 nitrogen and oxygen atoms in total. The molecule has 0 aliphatic carbocycles. The smallest absolute Gasteiger partial charge is 0.323 e. The Kier molecular flexibility index (Phi) is 10.4. The van der Waals surface area contributed by atoms with Crippen LogP contribution >= 0.6 is 11.8 Å². The Morgan fingerprint density at radius 2 is 1.87 bits per heavy atom. The molecule has 1 atom stereocenters. The normalized spacial score (nSPS) is 15.3. The molecule has 38 heavy (non-hydrogen) atoms. The summed E-state index contributed by atoms with van der Waals surface area (Å²) in [5.41, 5.74) is 4.10. The molecule has 1 aliphatic heterocycles. The summed E-state index contributed by atoms with van der Waals surface area (Å²) in [6.07, 6.45) is 8.88. The molecular weight excluding hydrogens is 494 g/mol. The molecule has 0 bridgehead atoms. The van der Waals surface area contributed by atoms with Gasteiger partial charge in [0.15, 0.2) is 0 Å². The van der Waals surface area contributed by atoms with Crippen LogP contribution in [-0.2, 0) is 29.2 Å². The third kappa shape index (κ3) is 7.70. The summed E-state index contributed by atoms with van der Waals surface area (Å²) >= 11 is 1.77. The number of imidazole rings is 1. The maximum Gasteiger partial charge on any atom is 0.323 e. The number of nitrogens with zero attached hydrogens (tertiary/aromatic N) is 5. The van der Waals surface area contributed by atoms with Crippen molar-refractivity contribution in [3.05, 3.63) is 89.5 Å². The first kappa shape index (κ1) is 27.9. The highest BCUT2D eigenvalue weighted by atomic mass is 32.2. The van der Waals surface area contributed by atoms with Crippen molar-refractivity contribution in [3.8, 4) is 6.07 Å². The SMILES string of the molecule is COC(=O)[C@H](CCSC)N(Cc1ccccc1)C1CCN(Cc2cn(Cc3ccc(C#N)cc3)cn2)CC1. The van der Waals surface area contributed by atoms with Crippen LogP contribution in [0.5, 0.6) is 0 Å². The number of likely N-dealkylation sites (tertiary alicyclic amines) is 1. The molecule has 0 amide bonds. The van der Waals surface area contributed by atoms with Crippen LogP contribution in [0.15, 0.2) is 67.1 Å². The van der Waals surface area contributed by atoms with E-state index < -0.39 is 0 Å². The minimum atomic E-state index is -0.234. The van der Waals surface area contributed by atoms with Gasteiger partial charge in [0.25, 0.3) is 0 Å². The summed E-state index contributed by atoms with van der Waals surface area (Å²) in [6.45, 7) is 4.24. The number of nitriles is 1. The number of benzene rings is 2. The maximum absolute atomic E-state index is 12.9. The van der Waals surface area contributed by atoms with E-state index in [-0.39, 0.29) is 12.0 Å². The third-order valence-corrected chi connectivity index (χ3v) is 7.87. The second kappa shape index (κ2) is 14.1. The van der Waals surface area contributed by atoms with Gasteiger partial charge in [0, 0.05) is 45.0 Å². The highest BCUT2D eigenvalue weighted by molar-refractivity contribution is 7.98. The number of aromatic nitrogens is 2. The molecule has 2 heterocycles. The number of hydrogen-bond acceptors (Lipinski definition) is 7. The van der Waals surface area contributed by atoms with E-state index in [4.69, 9.17) is 10.00 Å². The molecule has 0 unspecified atom stereocenters. The van der Waals surface area contributed by atoms with Crippen LogP contribution in [0, 0.1) is 11.3 Å². The fraction of sp³-hybridized carbons (Fsp3) is 0.433. The zero-order valence-corrected chi connectivity index (χ0v) is 23.1. The first-order chi connectivity index (χ1) is 18.6. The van der Waals surface area contributed by atoms with E-state index in [9.17, 15) is 4.79 Å². The third-order valence-electron chi connectivity index (χ3n) is 7.22. The molecule has 1 saturated heterocycles. The van der Waals surface area contributed by atoms with Gasteiger partial charge in [-0.3, -0.25) is 14.6 Å². The van der Waals surface area contributed by atoms with Crippen molar-refractivity contribution < 1.29 is 9.53 Å². The van der Waals surface area contributed by atoms with Crippen LogP contribution in [0.1, 0.15) is 41.6 Å². The molecule has 0 N–H and O–H groups in total. The van der Waals surface area contributed by atoms with Gasteiger partial charge >= 0.3 is 5.97 Å². The molecule has 3 aromatic rings. The molecule has 0 spiro atoms. The van der Waals surface area contributed by atoms with E-state index in [1.807, 2.05) is 36.7 Å². The van der Waals surface area contributed by atoms with Crippen molar-refractivity contribution in [3.63, 3.8) is 0 Å². The van der Waals surface area contributed by atoms with Crippen LogP contribution in [0.3, 0.4) is 0 Å². The molecule has 2 aromatic carbocycles. The Hall–Kier alpha value is -3.12. The lowest BCUT2D eigenvalue weighted by Gasteiger charge is -2.41. The number of ether oxygens (including phenoxy) is 1. The molecule has 4 rings (SSSR count). The van der Waals surface area contributed by atoms with E-state index in [0.29, 0.717) is 11.6 Å². The van der Waals surface area contributed by atoms with Crippen molar-refractivity contribution in [2.75, 3.05) is 32.2 Å². The summed E-state index contributed by atoms with van der Waals surface area (Å²) in [4.78, 5) is 22.3. The van der Waals surface area contributed by atoms with Crippen LogP contribution in [0.4, 0.5) is 0 Å². The standard InChI is InChI=1S/C30H37N5O2S/c1-37-30(36)29(14-17-38-2)35(20-25-6-4-3-5-7-25)28-12-15-33(16-13-28)21-27-22-34(23-32-27)19-26-10-8-24(18-31)9-11-26/h3-11,22-23,28-29H,12-17,19-21H2,1-2H3/t29-/m0/s1. The molecular formula is C30H37N5O2S. The van der Waals surface area contributed by atoms with Crippen LogP contribution in [0.25, 0.3) is 0 Å². The lowest BCUT2D eigenvalue weighted by Crippen LogP contribution is -2.51. The Morgan fingerprint density at radius 1 is 1.13 bits per heavy atom. The monoisotopic (exact) mass is 531 g/mol. The van der Waals surface area contributed by atoms with Gasteiger partial charge in [-0.1, -0.05) is 42.5 Å². The maximum atomic E-state index is 12.9. The number of rotatable bonds is 12. The minimum Gasteiger partial charge on any atom is -0.468 e. The molecule has 0 radical (unpaired) electrons. The number of carbonyl (C=O) groups is 1. The van der Waals surface area contributed by atoms with Crippen LogP contribution < -0.4 is 0 Å². The quantitative estimate of drug-likeness (QED) is 0.317. The molecule has 0 saturated carbocycles. The highest BCUT2D eigenvalue weighted by Crippen LogP contribution is 2.25. The summed E-state index contributed by atoms with van der Waals surface area (Å²) in [6, 6.07) is 20.4. The summed E-state index contributed by atoms with van der Waals surface area (Å²) in [5, 5.41) is 8.99. The van der Waals surface area contributed by atoms with Gasteiger partial charge in [-0.05, 0) is 54.5 Å². The van der Waals surface area contributed by atoms with Crippen molar-refractivity contribution >= 4 is 17.7 Å². The number of esters is 1. The largest absolute Gasteiger partial charge is 0.468 e. The van der Waals surface area contributed by atoms with Crippen molar-refractivity contribution in [2.45, 2.75) is 51.0 Å². The number of hydrogen-bond donors (Lipinski definition) is 0. The molecule has 1 aromatic heterocycles. The van der Waals surface area contributed by atoms with Crippen LogP contribution in [-0.4, -0.2) is 69.6 Å². The average Bonchev–Trinajstić information content (AvgIpc) is 3.40. The van der Waals surface area contributed by atoms with Crippen molar-refractivity contribution in [1.29, 1.82) is 5.26 Å². The molecule has 200 valence electrons. The van der Waals surface area contributed by atoms with Gasteiger partial charge in [-0.25, -0.2) is 4.98 Å². The topological polar surface area (TPSA) is 74.4 Å². The second-order valence-electron chi connectivity index (χ2n) is 9.83. The number of piperidine rings is 1. The summed E-state index contributed by atoms with van der Waals surface area (Å²) < 4.78 is 7.35. The Balaban J connectivity index is 1.37. The lowest BCUT2D eigenvalue weighted by molar-refractivity contribution is -0.149. The van der Waals surface area contributed by atoms with E-state index in [2.05, 4.69) is 62.1 Å². The zero-order chi connectivity index (χ0) is 26.7. The van der Waals surface area contributed by atoms with Gasteiger partial charge in [-0.15, -0.1) is 0 Å². The number of methoxy groups -OCH3 is 1. The summed E-state index contributed by atoms with van der Waals surface area (Å²) in [7, 11) is 1.50. The molecule has 8 heteroatoms. The average molecular weight is 532 g/mol. The van der Waals surface area contributed by atoms with E-state index in [1.54, 1.807) is 11.8 Å². The molecule has 1 fully saturated rings. The van der Waals surface area contributed by atoms with Gasteiger partial charge in [0.1, 0.15) is 6.04 Å². The van der Waals surface area contributed by atoms with Crippen molar-refractivity contribution in [1.82, 2.24) is 19.4 Å². The Labute approximate surface area is 230 Å². The van der Waals surface area contributed by atoms with E-state index in [0.717, 1.165) is 69.0 Å². The zero-order valence-electron chi connectivity index (χ0n) is 22.3. The lowest BCUT2D eigenvalue weighted by atomic mass is 9.98. The van der Waals surface area contributed by atoms with E-state index in [1.165, 1.54) is 12.7 Å². The van der Waals surface area contributed by atoms with Crippen LogP contribution in [0.2, 0.25) is 0 Å².